The van der Waals surface area contributed by atoms with E-state index >= 15 is 0 Å². The summed E-state index contributed by atoms with van der Waals surface area (Å²) >= 11 is 0. The number of H-pyrrole nitrogens is 1. The highest BCUT2D eigenvalue weighted by molar-refractivity contribution is 5.93. The summed E-state index contributed by atoms with van der Waals surface area (Å²) in [4.78, 5) is 12.5. The number of aromatic amines is 1. The number of nitrogens with zero attached hydrogens (tertiary/aromatic N) is 3. The molecule has 7 heteroatoms. The lowest BCUT2D eigenvalue weighted by molar-refractivity contribution is 0.0902. The van der Waals surface area contributed by atoms with Crippen LogP contribution in [0.5, 0.6) is 0 Å². The van der Waals surface area contributed by atoms with Crippen molar-refractivity contribution in [1.82, 2.24) is 25.3 Å². The van der Waals surface area contributed by atoms with Crippen LogP contribution in [0.25, 0.3) is 11.3 Å². The number of amides is 1. The van der Waals surface area contributed by atoms with Gasteiger partial charge in [0.25, 0.3) is 5.91 Å². The van der Waals surface area contributed by atoms with Gasteiger partial charge in [0.15, 0.2) is 0 Å². The normalized spacial score (nSPS) is 11.8. The molecule has 0 aliphatic carbocycles. The molecule has 0 saturated carbocycles. The van der Waals surface area contributed by atoms with Crippen molar-refractivity contribution in [2.45, 2.75) is 47.0 Å². The van der Waals surface area contributed by atoms with E-state index in [-0.39, 0.29) is 17.9 Å². The number of hydrogen-bond donors (Lipinski definition) is 3. The molecule has 7 nitrogen and oxygen atoms in total. The molecule has 138 valence electrons. The smallest absolute Gasteiger partial charge is 0.269 e. The van der Waals surface area contributed by atoms with E-state index in [9.17, 15) is 9.90 Å². The molecule has 0 atom stereocenters. The van der Waals surface area contributed by atoms with Crippen LogP contribution < -0.4 is 5.32 Å². The summed E-state index contributed by atoms with van der Waals surface area (Å²) < 4.78 is 1.81. The molecule has 0 bridgehead atoms. The van der Waals surface area contributed by atoms with Crippen molar-refractivity contribution in [2.75, 3.05) is 13.2 Å². The van der Waals surface area contributed by atoms with E-state index < -0.39 is 0 Å². The Labute approximate surface area is 148 Å². The largest absolute Gasteiger partial charge is 0.396 e. The zero-order valence-electron chi connectivity index (χ0n) is 15.8. The Hall–Kier alpha value is -2.15. The monoisotopic (exact) mass is 347 g/mol. The van der Waals surface area contributed by atoms with Gasteiger partial charge in [-0.1, -0.05) is 13.8 Å². The highest BCUT2D eigenvalue weighted by Gasteiger charge is 2.26. The Morgan fingerprint density at radius 3 is 2.56 bits per heavy atom. The Kier molecular flexibility index (Phi) is 6.00. The molecule has 0 saturated heterocycles. The third-order valence-electron chi connectivity index (χ3n) is 5.35. The third-order valence-corrected chi connectivity index (χ3v) is 5.35. The van der Waals surface area contributed by atoms with Crippen LogP contribution in [0.1, 0.15) is 55.0 Å². The van der Waals surface area contributed by atoms with Gasteiger partial charge in [-0.15, -0.1) is 0 Å². The molecule has 0 aliphatic rings. The molecule has 2 heterocycles. The van der Waals surface area contributed by atoms with E-state index in [0.717, 1.165) is 35.5 Å². The molecule has 2 aromatic heterocycles. The second kappa shape index (κ2) is 7.82. The van der Waals surface area contributed by atoms with E-state index in [1.807, 2.05) is 25.6 Å². The van der Waals surface area contributed by atoms with E-state index in [1.165, 1.54) is 0 Å². The molecule has 0 unspecified atom stereocenters. The Bertz CT molecular complexity index is 728. The van der Waals surface area contributed by atoms with Crippen LogP contribution in [0.4, 0.5) is 0 Å². The summed E-state index contributed by atoms with van der Waals surface area (Å²) in [6.45, 7) is 8.77. The first-order valence-corrected chi connectivity index (χ1v) is 8.82. The van der Waals surface area contributed by atoms with Gasteiger partial charge >= 0.3 is 0 Å². The van der Waals surface area contributed by atoms with E-state index in [2.05, 4.69) is 34.5 Å². The maximum absolute atomic E-state index is 12.5. The highest BCUT2D eigenvalue weighted by atomic mass is 16.3. The molecule has 1 amide bonds. The number of aliphatic hydroxyl groups is 1. The SMILES string of the molecule is CCC(CC)(CCO)CNC(=O)c1cc(-c2c(C)nn(C)c2C)n[nH]1. The Morgan fingerprint density at radius 2 is 2.04 bits per heavy atom. The topological polar surface area (TPSA) is 95.8 Å². The van der Waals surface area contributed by atoms with E-state index in [4.69, 9.17) is 0 Å². The molecule has 0 fully saturated rings. The molecule has 2 rings (SSSR count). The second-order valence-corrected chi connectivity index (χ2v) is 6.70. The van der Waals surface area contributed by atoms with Crippen LogP contribution >= 0.6 is 0 Å². The molecule has 0 aliphatic heterocycles. The molecule has 25 heavy (non-hydrogen) atoms. The van der Waals surface area contributed by atoms with Crippen molar-refractivity contribution >= 4 is 5.91 Å². The number of hydrogen-bond acceptors (Lipinski definition) is 4. The van der Waals surface area contributed by atoms with Crippen LogP contribution in [-0.4, -0.2) is 44.1 Å². The minimum atomic E-state index is -0.179. The molecule has 3 N–H and O–H groups in total. The lowest BCUT2D eigenvalue weighted by Gasteiger charge is -2.31. The summed E-state index contributed by atoms with van der Waals surface area (Å²) in [5.74, 6) is -0.179. The number of nitrogens with one attached hydrogen (secondary N) is 2. The van der Waals surface area contributed by atoms with Crippen molar-refractivity contribution in [1.29, 1.82) is 0 Å². The van der Waals surface area contributed by atoms with Gasteiger partial charge in [-0.25, -0.2) is 0 Å². The first-order valence-electron chi connectivity index (χ1n) is 8.82. The molecular formula is C18H29N5O2. The highest BCUT2D eigenvalue weighted by Crippen LogP contribution is 2.29. The van der Waals surface area contributed by atoms with Gasteiger partial charge in [0.05, 0.1) is 11.4 Å². The first-order chi connectivity index (χ1) is 11.9. The number of carbonyl (C=O) groups is 1. The van der Waals surface area contributed by atoms with Crippen LogP contribution in [-0.2, 0) is 7.05 Å². The van der Waals surface area contributed by atoms with Crippen molar-refractivity contribution in [3.8, 4) is 11.3 Å². The number of rotatable bonds is 8. The number of aliphatic hydroxyl groups excluding tert-OH is 1. The van der Waals surface area contributed by atoms with Crippen molar-refractivity contribution in [3.63, 3.8) is 0 Å². The quantitative estimate of drug-likeness (QED) is 0.683. The number of aryl methyl sites for hydroxylation is 2. The zero-order valence-corrected chi connectivity index (χ0v) is 15.8. The molecule has 0 spiro atoms. The summed E-state index contributed by atoms with van der Waals surface area (Å²) in [6, 6.07) is 1.76. The minimum Gasteiger partial charge on any atom is -0.396 e. The summed E-state index contributed by atoms with van der Waals surface area (Å²) in [5.41, 5.74) is 3.94. The fraction of sp³-hybridized carbons (Fsp3) is 0.611. The van der Waals surface area contributed by atoms with Gasteiger partial charge in [0, 0.05) is 31.5 Å². The minimum absolute atomic E-state index is 0.0657. The summed E-state index contributed by atoms with van der Waals surface area (Å²) in [6.07, 6.45) is 2.50. The predicted octanol–water partition coefficient (Wildman–Crippen LogP) is 2.35. The molecule has 0 aromatic carbocycles. The Balaban J connectivity index is 2.13. The number of aromatic nitrogens is 4. The fourth-order valence-corrected chi connectivity index (χ4v) is 3.25. The second-order valence-electron chi connectivity index (χ2n) is 6.70. The lowest BCUT2D eigenvalue weighted by atomic mass is 9.79. The average Bonchev–Trinajstić information content (AvgIpc) is 3.16. The lowest BCUT2D eigenvalue weighted by Crippen LogP contribution is -2.37. The van der Waals surface area contributed by atoms with E-state index in [1.54, 1.807) is 6.07 Å². The van der Waals surface area contributed by atoms with Gasteiger partial charge in [0.2, 0.25) is 0 Å². The molecular weight excluding hydrogens is 318 g/mol. The Morgan fingerprint density at radius 1 is 1.36 bits per heavy atom. The van der Waals surface area contributed by atoms with Crippen molar-refractivity contribution in [3.05, 3.63) is 23.1 Å². The zero-order chi connectivity index (χ0) is 18.6. The van der Waals surface area contributed by atoms with Crippen LogP contribution in [0.3, 0.4) is 0 Å². The van der Waals surface area contributed by atoms with Gasteiger partial charge in [-0.2, -0.15) is 10.2 Å². The van der Waals surface area contributed by atoms with Crippen molar-refractivity contribution < 1.29 is 9.90 Å². The third kappa shape index (κ3) is 3.92. The van der Waals surface area contributed by atoms with Crippen molar-refractivity contribution in [2.24, 2.45) is 12.5 Å². The van der Waals surface area contributed by atoms with Gasteiger partial charge in [-0.3, -0.25) is 14.6 Å². The van der Waals surface area contributed by atoms with Crippen LogP contribution in [0.15, 0.2) is 6.07 Å². The van der Waals surface area contributed by atoms with Gasteiger partial charge in [-0.05, 0) is 44.6 Å². The summed E-state index contributed by atoms with van der Waals surface area (Å²) in [7, 11) is 1.89. The molecule has 2 aromatic rings. The predicted molar refractivity (Wildman–Crippen MR) is 97.3 cm³/mol. The van der Waals surface area contributed by atoms with Crippen LogP contribution in [0.2, 0.25) is 0 Å². The summed E-state index contributed by atoms with van der Waals surface area (Å²) in [5, 5.41) is 23.8. The van der Waals surface area contributed by atoms with Gasteiger partial charge in [0.1, 0.15) is 5.69 Å². The first kappa shape index (κ1) is 19.2. The van der Waals surface area contributed by atoms with Crippen LogP contribution in [0, 0.1) is 19.3 Å². The fourth-order valence-electron chi connectivity index (χ4n) is 3.25. The maximum Gasteiger partial charge on any atom is 0.269 e. The maximum atomic E-state index is 12.5. The standard InChI is InChI=1S/C18H29N5O2/c1-6-18(7-2,8-9-24)11-19-17(25)15-10-14(20-21-15)16-12(3)22-23(5)13(16)4/h10,24H,6-9,11H2,1-5H3,(H,19,25)(H,20,21). The van der Waals surface area contributed by atoms with Gasteiger partial charge < -0.3 is 10.4 Å². The number of carbonyl (C=O) groups excluding carboxylic acids is 1. The van der Waals surface area contributed by atoms with E-state index in [0.29, 0.717) is 18.7 Å². The molecule has 0 radical (unpaired) electrons. The average molecular weight is 347 g/mol.